The van der Waals surface area contributed by atoms with Crippen molar-refractivity contribution in [2.75, 3.05) is 18.6 Å². The maximum Gasteiger partial charge on any atom is 0.167 e. The average molecular weight is 295 g/mol. The Labute approximate surface area is 118 Å². The first-order chi connectivity index (χ1) is 9.65. The van der Waals surface area contributed by atoms with Crippen molar-refractivity contribution in [2.45, 2.75) is 31.6 Å². The zero-order valence-corrected chi connectivity index (χ0v) is 12.2. The molecule has 1 aliphatic rings. The minimum absolute atomic E-state index is 0.0546. The summed E-state index contributed by atoms with van der Waals surface area (Å²) >= 11 is 0. The van der Waals surface area contributed by atoms with Crippen LogP contribution < -0.4 is 5.73 Å². The van der Waals surface area contributed by atoms with Crippen molar-refractivity contribution < 1.29 is 9.63 Å². The molecular weight excluding hydrogens is 277 g/mol. The molecule has 0 amide bonds. The predicted octanol–water partition coefficient (Wildman–Crippen LogP) is 1.50. The van der Waals surface area contributed by atoms with Gasteiger partial charge in [0.05, 0.1) is 12.4 Å². The van der Waals surface area contributed by atoms with Crippen molar-refractivity contribution in [3.63, 3.8) is 0 Å². The minimum atomic E-state index is -0.845. The third-order valence-corrected chi connectivity index (χ3v) is 4.46. The molecule has 8 heteroatoms. The summed E-state index contributed by atoms with van der Waals surface area (Å²) in [6, 6.07) is 0. The number of rotatable bonds is 4. The van der Waals surface area contributed by atoms with Gasteiger partial charge in [-0.1, -0.05) is 0 Å². The Balaban J connectivity index is 1.75. The fraction of sp³-hybridized carbons (Fsp3) is 0.583. The lowest BCUT2D eigenvalue weighted by atomic mass is 10.2. The van der Waals surface area contributed by atoms with E-state index in [4.69, 9.17) is 10.5 Å². The lowest BCUT2D eigenvalue weighted by Crippen LogP contribution is -2.12. The number of aromatic nitrogens is 4. The Morgan fingerprint density at radius 2 is 2.30 bits per heavy atom. The summed E-state index contributed by atoms with van der Waals surface area (Å²) in [5.41, 5.74) is 7.11. The highest BCUT2D eigenvalue weighted by Crippen LogP contribution is 2.34. The third kappa shape index (κ3) is 2.61. The maximum absolute atomic E-state index is 9.40. The number of hydrogen-bond donors (Lipinski definition) is 2. The molecule has 1 saturated heterocycles. The van der Waals surface area contributed by atoms with Crippen molar-refractivity contribution in [1.29, 1.82) is 0 Å². The Morgan fingerprint density at radius 3 is 3.10 bits per heavy atom. The normalized spacial score (nSPS) is 24.3. The quantitative estimate of drug-likeness (QED) is 0.829. The predicted molar refractivity (Wildman–Crippen MR) is 77.4 cm³/mol. The van der Waals surface area contributed by atoms with Gasteiger partial charge in [0.25, 0.3) is 0 Å². The van der Waals surface area contributed by atoms with Crippen LogP contribution in [0, 0.1) is 0 Å². The first-order valence-electron chi connectivity index (χ1n) is 6.63. The Morgan fingerprint density at radius 1 is 1.45 bits per heavy atom. The lowest BCUT2D eigenvalue weighted by molar-refractivity contribution is 0.00319. The van der Waals surface area contributed by atoms with Crippen molar-refractivity contribution in [1.82, 2.24) is 19.5 Å². The molecule has 3 heterocycles. The summed E-state index contributed by atoms with van der Waals surface area (Å²) in [4.78, 5) is 21.8. The number of nitrogens with two attached hydrogens (primary N) is 1. The van der Waals surface area contributed by atoms with Crippen LogP contribution in [0.15, 0.2) is 12.7 Å². The molecule has 0 radical (unpaired) electrons. The van der Waals surface area contributed by atoms with Crippen LogP contribution in [0.25, 0.3) is 11.2 Å². The molecule has 7 nitrogen and oxygen atoms in total. The van der Waals surface area contributed by atoms with E-state index in [0.29, 0.717) is 17.0 Å². The molecule has 3 N–H and O–H groups in total. The summed E-state index contributed by atoms with van der Waals surface area (Å²) in [5.74, 6) is 0.389. The number of ether oxygens (including phenoxy) is 1. The van der Waals surface area contributed by atoms with Crippen LogP contribution in [0.2, 0.25) is 0 Å². The lowest BCUT2D eigenvalue weighted by Gasteiger charge is -2.15. The first-order valence-corrected chi connectivity index (χ1v) is 8.56. The molecule has 1 fully saturated rings. The van der Waals surface area contributed by atoms with Gasteiger partial charge >= 0.3 is 0 Å². The van der Waals surface area contributed by atoms with E-state index in [9.17, 15) is 4.89 Å². The van der Waals surface area contributed by atoms with E-state index in [-0.39, 0.29) is 12.3 Å². The molecule has 108 valence electrons. The zero-order valence-electron chi connectivity index (χ0n) is 11.3. The van der Waals surface area contributed by atoms with E-state index in [1.807, 2.05) is 11.2 Å². The van der Waals surface area contributed by atoms with E-state index in [0.717, 1.165) is 25.4 Å². The number of imidazole rings is 1. The van der Waals surface area contributed by atoms with Crippen molar-refractivity contribution in [3.8, 4) is 0 Å². The van der Waals surface area contributed by atoms with Gasteiger partial charge in [0, 0.05) is 8.15 Å². The van der Waals surface area contributed by atoms with Crippen LogP contribution in [0.1, 0.15) is 25.5 Å². The number of hydrogen-bond acceptors (Lipinski definition) is 6. The molecule has 20 heavy (non-hydrogen) atoms. The standard InChI is InChI=1S/C12H18N5O2P/c1-20(18)5-4-8-2-3-9(19-8)17-7-16-10-11(13)14-6-15-12(10)17/h6-9,18H,2-5H2,1H3,(H2,13,14,15). The molecule has 0 aromatic carbocycles. The summed E-state index contributed by atoms with van der Waals surface area (Å²) in [7, 11) is -0.845. The van der Waals surface area contributed by atoms with Crippen molar-refractivity contribution in [3.05, 3.63) is 12.7 Å². The Hall–Kier alpha value is -1.30. The molecule has 2 aromatic heterocycles. The highest BCUT2D eigenvalue weighted by atomic mass is 31.1. The smallest absolute Gasteiger partial charge is 0.167 e. The van der Waals surface area contributed by atoms with Gasteiger partial charge in [-0.15, -0.1) is 0 Å². The second-order valence-electron chi connectivity index (χ2n) is 5.04. The van der Waals surface area contributed by atoms with Crippen LogP contribution in [0.3, 0.4) is 0 Å². The number of nitrogens with zero attached hydrogens (tertiary/aromatic N) is 4. The molecule has 3 unspecified atom stereocenters. The van der Waals surface area contributed by atoms with Gasteiger partial charge in [-0.3, -0.25) is 4.57 Å². The molecule has 3 rings (SSSR count). The van der Waals surface area contributed by atoms with Gasteiger partial charge in [0.2, 0.25) is 0 Å². The van der Waals surface area contributed by atoms with E-state index in [2.05, 4.69) is 15.0 Å². The van der Waals surface area contributed by atoms with Gasteiger partial charge in [0.15, 0.2) is 11.5 Å². The highest BCUT2D eigenvalue weighted by molar-refractivity contribution is 7.50. The fourth-order valence-corrected chi connectivity index (χ4v) is 3.18. The SMILES string of the molecule is CP(O)CCC1CCC(n2cnc3c(N)ncnc32)O1. The van der Waals surface area contributed by atoms with Gasteiger partial charge in [0.1, 0.15) is 18.1 Å². The fourth-order valence-electron chi connectivity index (χ4n) is 2.52. The summed E-state index contributed by atoms with van der Waals surface area (Å²) in [6.07, 6.45) is 6.95. The van der Waals surface area contributed by atoms with Gasteiger partial charge in [-0.25, -0.2) is 15.0 Å². The molecule has 2 aromatic rings. The zero-order chi connectivity index (χ0) is 14.1. The summed E-state index contributed by atoms with van der Waals surface area (Å²) in [6.45, 7) is 1.87. The van der Waals surface area contributed by atoms with Crippen LogP contribution in [-0.2, 0) is 4.74 Å². The minimum Gasteiger partial charge on any atom is -0.382 e. The van der Waals surface area contributed by atoms with Crippen LogP contribution >= 0.6 is 8.15 Å². The first kappa shape index (κ1) is 13.7. The van der Waals surface area contributed by atoms with Crippen LogP contribution in [0.5, 0.6) is 0 Å². The van der Waals surface area contributed by atoms with E-state index < -0.39 is 8.15 Å². The monoisotopic (exact) mass is 295 g/mol. The molecule has 0 bridgehead atoms. The molecule has 1 aliphatic heterocycles. The summed E-state index contributed by atoms with van der Waals surface area (Å²) in [5, 5.41) is 0. The topological polar surface area (TPSA) is 99.1 Å². The Kier molecular flexibility index (Phi) is 3.83. The van der Waals surface area contributed by atoms with E-state index in [1.165, 1.54) is 6.33 Å². The molecule has 3 atom stereocenters. The van der Waals surface area contributed by atoms with Crippen LogP contribution in [0.4, 0.5) is 5.82 Å². The Bertz CT molecular complexity index is 603. The summed E-state index contributed by atoms with van der Waals surface area (Å²) < 4.78 is 7.94. The van der Waals surface area contributed by atoms with E-state index in [1.54, 1.807) is 6.33 Å². The maximum atomic E-state index is 9.40. The second-order valence-corrected chi connectivity index (χ2v) is 6.81. The highest BCUT2D eigenvalue weighted by Gasteiger charge is 2.28. The number of nitrogen functional groups attached to an aromatic ring is 1. The molecule has 0 saturated carbocycles. The average Bonchev–Trinajstić information content (AvgIpc) is 3.02. The number of anilines is 1. The molecular formula is C12H18N5O2P. The van der Waals surface area contributed by atoms with Crippen LogP contribution in [-0.4, -0.2) is 43.3 Å². The second kappa shape index (κ2) is 5.60. The third-order valence-electron chi connectivity index (χ3n) is 3.56. The van der Waals surface area contributed by atoms with Crippen molar-refractivity contribution >= 4 is 25.1 Å². The molecule has 0 spiro atoms. The van der Waals surface area contributed by atoms with E-state index >= 15 is 0 Å². The van der Waals surface area contributed by atoms with Gasteiger partial charge in [-0.2, -0.15) is 0 Å². The van der Waals surface area contributed by atoms with Gasteiger partial charge < -0.3 is 15.4 Å². The molecule has 0 aliphatic carbocycles. The largest absolute Gasteiger partial charge is 0.382 e. The van der Waals surface area contributed by atoms with Gasteiger partial charge in [-0.05, 0) is 32.1 Å². The number of fused-ring (bicyclic) bond motifs is 1. The van der Waals surface area contributed by atoms with Crippen molar-refractivity contribution in [2.24, 2.45) is 0 Å².